The monoisotopic (exact) mass is 322 g/mol. The van der Waals surface area contributed by atoms with Crippen molar-refractivity contribution in [3.63, 3.8) is 0 Å². The average Bonchev–Trinajstić information content (AvgIpc) is 2.57. The quantitative estimate of drug-likeness (QED) is 0.712. The highest BCUT2D eigenvalue weighted by Gasteiger charge is 2.36. The molecule has 0 bridgehead atoms. The van der Waals surface area contributed by atoms with Gasteiger partial charge in [0.05, 0.1) is 0 Å². The second-order valence-corrected chi connectivity index (χ2v) is 8.40. The highest BCUT2D eigenvalue weighted by molar-refractivity contribution is 4.91. The van der Waals surface area contributed by atoms with Crippen LogP contribution in [0.2, 0.25) is 0 Å². The van der Waals surface area contributed by atoms with E-state index < -0.39 is 0 Å². The van der Waals surface area contributed by atoms with Crippen LogP contribution >= 0.6 is 0 Å². The molecule has 134 valence electrons. The lowest BCUT2D eigenvalue weighted by molar-refractivity contribution is 0.0261. The van der Waals surface area contributed by atoms with Crippen LogP contribution in [0.1, 0.15) is 58.3 Å². The normalized spacial score (nSPS) is 32.1. The van der Waals surface area contributed by atoms with Crippen molar-refractivity contribution in [3.8, 4) is 0 Å². The van der Waals surface area contributed by atoms with Crippen LogP contribution in [0.3, 0.4) is 0 Å². The molecule has 0 aromatic rings. The molecule has 2 heterocycles. The minimum Gasteiger partial charge on any atom is -0.385 e. The Kier molecular flexibility index (Phi) is 6.79. The zero-order chi connectivity index (χ0) is 16.1. The molecule has 2 aliphatic heterocycles. The van der Waals surface area contributed by atoms with E-state index in [2.05, 4.69) is 16.7 Å². The van der Waals surface area contributed by atoms with Crippen molar-refractivity contribution in [2.24, 2.45) is 17.8 Å². The van der Waals surface area contributed by atoms with Crippen LogP contribution in [0.15, 0.2) is 0 Å². The first-order valence-electron chi connectivity index (χ1n) is 10.2. The van der Waals surface area contributed by atoms with Gasteiger partial charge in [0.1, 0.15) is 0 Å². The maximum absolute atomic E-state index is 5.23. The summed E-state index contributed by atoms with van der Waals surface area (Å²) in [5.41, 5.74) is 0. The van der Waals surface area contributed by atoms with Crippen molar-refractivity contribution >= 4 is 0 Å². The highest BCUT2D eigenvalue weighted by Crippen LogP contribution is 2.35. The summed E-state index contributed by atoms with van der Waals surface area (Å²) < 4.78 is 5.23. The van der Waals surface area contributed by atoms with Crippen molar-refractivity contribution in [3.05, 3.63) is 0 Å². The molecule has 1 aliphatic carbocycles. The lowest BCUT2D eigenvalue weighted by atomic mass is 9.77. The zero-order valence-electron chi connectivity index (χ0n) is 15.5. The molecule has 1 saturated carbocycles. The molecule has 3 rings (SSSR count). The van der Waals surface area contributed by atoms with Crippen LogP contribution in [-0.2, 0) is 4.74 Å². The lowest BCUT2D eigenvalue weighted by Gasteiger charge is -2.47. The van der Waals surface area contributed by atoms with Gasteiger partial charge in [-0.05, 0) is 88.9 Å². The summed E-state index contributed by atoms with van der Waals surface area (Å²) in [6, 6.07) is 0.928. The van der Waals surface area contributed by atoms with Gasteiger partial charge >= 0.3 is 0 Å². The minimum absolute atomic E-state index is 0.917. The van der Waals surface area contributed by atoms with Gasteiger partial charge in [-0.1, -0.05) is 13.3 Å². The first-order valence-corrected chi connectivity index (χ1v) is 10.2. The Labute approximate surface area is 143 Å². The Morgan fingerprint density at radius 1 is 0.870 bits per heavy atom. The molecular formula is C20H38N2O. The van der Waals surface area contributed by atoms with Gasteiger partial charge in [0.2, 0.25) is 0 Å². The fourth-order valence-electron chi connectivity index (χ4n) is 4.98. The molecule has 0 N–H and O–H groups in total. The zero-order valence-corrected chi connectivity index (χ0v) is 15.5. The second-order valence-electron chi connectivity index (χ2n) is 8.40. The minimum atomic E-state index is 0.917. The van der Waals surface area contributed by atoms with Crippen molar-refractivity contribution in [1.29, 1.82) is 0 Å². The number of methoxy groups -OCH3 is 1. The molecule has 3 nitrogen and oxygen atoms in total. The van der Waals surface area contributed by atoms with Gasteiger partial charge < -0.3 is 14.5 Å². The summed E-state index contributed by atoms with van der Waals surface area (Å²) in [6.07, 6.45) is 11.3. The SMILES string of the molecule is CCC1CCN(C2CC(CN3CCC(CCOC)CC3)C2)CC1. The maximum Gasteiger partial charge on any atom is 0.0464 e. The van der Waals surface area contributed by atoms with Gasteiger partial charge in [-0.3, -0.25) is 0 Å². The highest BCUT2D eigenvalue weighted by atomic mass is 16.5. The van der Waals surface area contributed by atoms with Gasteiger partial charge in [0.15, 0.2) is 0 Å². The molecule has 0 amide bonds. The summed E-state index contributed by atoms with van der Waals surface area (Å²) in [7, 11) is 1.83. The summed E-state index contributed by atoms with van der Waals surface area (Å²) in [6.45, 7) is 10.1. The molecule has 3 fully saturated rings. The van der Waals surface area contributed by atoms with Crippen LogP contribution in [0.5, 0.6) is 0 Å². The summed E-state index contributed by atoms with van der Waals surface area (Å²) in [5, 5.41) is 0. The van der Waals surface area contributed by atoms with E-state index in [0.29, 0.717) is 0 Å². The smallest absolute Gasteiger partial charge is 0.0464 e. The van der Waals surface area contributed by atoms with Crippen molar-refractivity contribution in [2.75, 3.05) is 46.4 Å². The van der Waals surface area contributed by atoms with E-state index in [4.69, 9.17) is 4.74 Å². The van der Waals surface area contributed by atoms with Crippen LogP contribution < -0.4 is 0 Å². The number of likely N-dealkylation sites (tertiary alicyclic amines) is 2. The first kappa shape index (κ1) is 17.7. The van der Waals surface area contributed by atoms with Gasteiger partial charge in [-0.2, -0.15) is 0 Å². The molecular weight excluding hydrogens is 284 g/mol. The van der Waals surface area contributed by atoms with Crippen LogP contribution in [0, 0.1) is 17.8 Å². The van der Waals surface area contributed by atoms with Crippen LogP contribution in [-0.4, -0.2) is 62.3 Å². The summed E-state index contributed by atoms with van der Waals surface area (Å²) in [4.78, 5) is 5.55. The molecule has 3 aliphatic rings. The number of nitrogens with zero attached hydrogens (tertiary/aromatic N) is 2. The first-order chi connectivity index (χ1) is 11.3. The van der Waals surface area contributed by atoms with E-state index >= 15 is 0 Å². The predicted octanol–water partition coefficient (Wildman–Crippen LogP) is 3.64. The maximum atomic E-state index is 5.23. The Balaban J connectivity index is 1.28. The van der Waals surface area contributed by atoms with Gasteiger partial charge in [0, 0.05) is 26.3 Å². The van der Waals surface area contributed by atoms with E-state index in [1.54, 1.807) is 0 Å². The third-order valence-corrected chi connectivity index (χ3v) is 6.91. The summed E-state index contributed by atoms with van der Waals surface area (Å²) >= 11 is 0. The Morgan fingerprint density at radius 3 is 2.13 bits per heavy atom. The van der Waals surface area contributed by atoms with Gasteiger partial charge in [-0.25, -0.2) is 0 Å². The van der Waals surface area contributed by atoms with Gasteiger partial charge in [0.25, 0.3) is 0 Å². The topological polar surface area (TPSA) is 15.7 Å². The van der Waals surface area contributed by atoms with Crippen LogP contribution in [0.25, 0.3) is 0 Å². The number of hydrogen-bond donors (Lipinski definition) is 0. The lowest BCUT2D eigenvalue weighted by Crippen LogP contribution is -2.51. The fourth-order valence-corrected chi connectivity index (χ4v) is 4.98. The molecule has 0 radical (unpaired) electrons. The van der Waals surface area contributed by atoms with Gasteiger partial charge in [-0.15, -0.1) is 0 Å². The van der Waals surface area contributed by atoms with Crippen molar-refractivity contribution < 1.29 is 4.74 Å². The third kappa shape index (κ3) is 4.93. The predicted molar refractivity (Wildman–Crippen MR) is 96.8 cm³/mol. The molecule has 0 spiro atoms. The van der Waals surface area contributed by atoms with E-state index in [1.165, 1.54) is 84.1 Å². The Morgan fingerprint density at radius 2 is 1.52 bits per heavy atom. The van der Waals surface area contributed by atoms with E-state index in [9.17, 15) is 0 Å². The third-order valence-electron chi connectivity index (χ3n) is 6.91. The van der Waals surface area contributed by atoms with E-state index in [-0.39, 0.29) is 0 Å². The van der Waals surface area contributed by atoms with Crippen molar-refractivity contribution in [1.82, 2.24) is 9.80 Å². The average molecular weight is 323 g/mol. The van der Waals surface area contributed by atoms with E-state index in [0.717, 1.165) is 30.4 Å². The molecule has 23 heavy (non-hydrogen) atoms. The Bertz CT molecular complexity index is 327. The fraction of sp³-hybridized carbons (Fsp3) is 1.00. The number of piperidine rings is 2. The number of rotatable bonds is 7. The summed E-state index contributed by atoms with van der Waals surface area (Å²) in [5.74, 6) is 2.92. The molecule has 0 aromatic heterocycles. The molecule has 0 atom stereocenters. The Hall–Kier alpha value is -0.120. The van der Waals surface area contributed by atoms with Crippen LogP contribution in [0.4, 0.5) is 0 Å². The number of hydrogen-bond acceptors (Lipinski definition) is 3. The standard InChI is InChI=1S/C20H38N2O/c1-3-17-6-11-22(12-7-17)20-14-19(15-20)16-21-9-4-18(5-10-21)8-13-23-2/h17-20H,3-16H2,1-2H3. The largest absolute Gasteiger partial charge is 0.385 e. The molecule has 2 saturated heterocycles. The molecule has 0 unspecified atom stereocenters. The van der Waals surface area contributed by atoms with E-state index in [1.807, 2.05) is 7.11 Å². The van der Waals surface area contributed by atoms with Crippen molar-refractivity contribution in [2.45, 2.75) is 64.3 Å². The molecule has 0 aromatic carbocycles. The number of ether oxygens (including phenoxy) is 1. The molecule has 3 heteroatoms. The second kappa shape index (κ2) is 8.82.